The summed E-state index contributed by atoms with van der Waals surface area (Å²) in [6.07, 6.45) is -4.92. The highest BCUT2D eigenvalue weighted by Crippen LogP contribution is 2.35. The maximum atomic E-state index is 12.4. The summed E-state index contributed by atoms with van der Waals surface area (Å²) in [5.74, 6) is 0. The van der Waals surface area contributed by atoms with Crippen molar-refractivity contribution in [3.05, 3.63) is 34.9 Å². The number of fused-ring (bicyclic) bond motifs is 1. The van der Waals surface area contributed by atoms with E-state index in [1.165, 1.54) is 6.07 Å². The molecular formula is C10H10F3NO. The van der Waals surface area contributed by atoms with E-state index in [4.69, 9.17) is 5.73 Å². The fourth-order valence-corrected chi connectivity index (χ4v) is 1.84. The van der Waals surface area contributed by atoms with Crippen LogP contribution in [0.1, 0.15) is 22.7 Å². The first-order valence-corrected chi connectivity index (χ1v) is 4.53. The molecule has 2 unspecified atom stereocenters. The molecule has 0 spiro atoms. The van der Waals surface area contributed by atoms with E-state index in [2.05, 4.69) is 0 Å². The van der Waals surface area contributed by atoms with Crippen LogP contribution < -0.4 is 5.73 Å². The summed E-state index contributed by atoms with van der Waals surface area (Å²) in [6.45, 7) is 0. The molecule has 0 radical (unpaired) electrons. The first-order valence-electron chi connectivity index (χ1n) is 4.53. The van der Waals surface area contributed by atoms with Crippen molar-refractivity contribution in [2.75, 3.05) is 0 Å². The maximum absolute atomic E-state index is 12.4. The molecule has 0 saturated heterocycles. The van der Waals surface area contributed by atoms with Gasteiger partial charge < -0.3 is 10.8 Å². The molecule has 5 heteroatoms. The third kappa shape index (κ3) is 1.72. The van der Waals surface area contributed by atoms with Crippen LogP contribution >= 0.6 is 0 Å². The molecule has 1 aromatic carbocycles. The fraction of sp³-hybridized carbons (Fsp3) is 0.400. The second-order valence-corrected chi connectivity index (χ2v) is 3.71. The van der Waals surface area contributed by atoms with Crippen LogP contribution in [0.4, 0.5) is 13.2 Å². The first-order chi connectivity index (χ1) is 6.89. The van der Waals surface area contributed by atoms with Crippen LogP contribution in [0.3, 0.4) is 0 Å². The Balaban J connectivity index is 2.42. The van der Waals surface area contributed by atoms with E-state index < -0.39 is 23.9 Å². The zero-order valence-electron chi connectivity index (χ0n) is 7.75. The number of rotatable bonds is 0. The molecule has 0 amide bonds. The Hall–Kier alpha value is -1.07. The van der Waals surface area contributed by atoms with Crippen molar-refractivity contribution in [2.45, 2.75) is 24.7 Å². The summed E-state index contributed by atoms with van der Waals surface area (Å²) in [5, 5.41) is 9.41. The minimum Gasteiger partial charge on any atom is -0.391 e. The summed E-state index contributed by atoms with van der Waals surface area (Å²) < 4.78 is 37.1. The molecule has 3 N–H and O–H groups in total. The van der Waals surface area contributed by atoms with Crippen LogP contribution in [-0.2, 0) is 12.6 Å². The summed E-state index contributed by atoms with van der Waals surface area (Å²) in [5.41, 5.74) is 6.02. The highest BCUT2D eigenvalue weighted by atomic mass is 19.4. The molecule has 2 nitrogen and oxygen atoms in total. The van der Waals surface area contributed by atoms with Gasteiger partial charge in [-0.3, -0.25) is 0 Å². The smallest absolute Gasteiger partial charge is 0.391 e. The minimum absolute atomic E-state index is 0.195. The van der Waals surface area contributed by atoms with Gasteiger partial charge in [-0.25, -0.2) is 0 Å². The Morgan fingerprint density at radius 2 is 2.00 bits per heavy atom. The number of alkyl halides is 3. The van der Waals surface area contributed by atoms with Gasteiger partial charge in [0.2, 0.25) is 0 Å². The molecule has 0 aromatic heterocycles. The summed E-state index contributed by atoms with van der Waals surface area (Å²) in [6, 6.07) is 2.84. The van der Waals surface area contributed by atoms with Gasteiger partial charge in [0.15, 0.2) is 0 Å². The molecule has 2 atom stereocenters. The van der Waals surface area contributed by atoms with E-state index in [1.807, 2.05) is 0 Å². The molecule has 82 valence electrons. The number of benzene rings is 1. The second kappa shape index (κ2) is 3.21. The molecule has 0 bridgehead atoms. The zero-order valence-corrected chi connectivity index (χ0v) is 7.75. The van der Waals surface area contributed by atoms with Gasteiger partial charge in [-0.1, -0.05) is 6.07 Å². The van der Waals surface area contributed by atoms with E-state index in [0.717, 1.165) is 12.1 Å². The maximum Gasteiger partial charge on any atom is 0.416 e. The third-order valence-corrected chi connectivity index (χ3v) is 2.67. The van der Waals surface area contributed by atoms with E-state index in [0.29, 0.717) is 11.1 Å². The number of nitrogens with two attached hydrogens (primary N) is 1. The SMILES string of the molecule is NC1c2ccc(C(F)(F)F)cc2CC1O. The van der Waals surface area contributed by atoms with Crippen molar-refractivity contribution in [2.24, 2.45) is 5.73 Å². The normalized spacial score (nSPS) is 25.4. The number of aliphatic hydroxyl groups excluding tert-OH is 1. The van der Waals surface area contributed by atoms with Crippen molar-refractivity contribution in [1.82, 2.24) is 0 Å². The van der Waals surface area contributed by atoms with Crippen LogP contribution in [-0.4, -0.2) is 11.2 Å². The Morgan fingerprint density at radius 3 is 2.60 bits per heavy atom. The first kappa shape index (κ1) is 10.4. The average Bonchev–Trinajstić information content (AvgIpc) is 2.41. The Morgan fingerprint density at radius 1 is 1.33 bits per heavy atom. The summed E-state index contributed by atoms with van der Waals surface area (Å²) >= 11 is 0. The molecule has 2 rings (SSSR count). The predicted octanol–water partition coefficient (Wildman–Crippen LogP) is 1.62. The van der Waals surface area contributed by atoms with Crippen molar-refractivity contribution >= 4 is 0 Å². The molecule has 0 fully saturated rings. The van der Waals surface area contributed by atoms with Crippen molar-refractivity contribution in [1.29, 1.82) is 0 Å². The van der Waals surface area contributed by atoms with Gasteiger partial charge in [0.25, 0.3) is 0 Å². The number of aliphatic hydroxyl groups is 1. The van der Waals surface area contributed by atoms with Crippen LogP contribution in [0, 0.1) is 0 Å². The molecule has 0 heterocycles. The lowest BCUT2D eigenvalue weighted by Gasteiger charge is -2.10. The van der Waals surface area contributed by atoms with Crippen LogP contribution in [0.5, 0.6) is 0 Å². The van der Waals surface area contributed by atoms with E-state index in [-0.39, 0.29) is 6.42 Å². The minimum atomic E-state index is -4.34. The van der Waals surface area contributed by atoms with Crippen molar-refractivity contribution < 1.29 is 18.3 Å². The molecule has 1 aliphatic carbocycles. The Bertz CT molecular complexity index is 389. The molecule has 0 saturated carbocycles. The average molecular weight is 217 g/mol. The van der Waals surface area contributed by atoms with Gasteiger partial charge in [-0.05, 0) is 23.3 Å². The lowest BCUT2D eigenvalue weighted by molar-refractivity contribution is -0.137. The van der Waals surface area contributed by atoms with E-state index in [1.54, 1.807) is 0 Å². The molecule has 1 aromatic rings. The Kier molecular flexibility index (Phi) is 2.24. The van der Waals surface area contributed by atoms with Crippen LogP contribution in [0.25, 0.3) is 0 Å². The van der Waals surface area contributed by atoms with E-state index >= 15 is 0 Å². The number of hydrogen-bond acceptors (Lipinski definition) is 2. The molecular weight excluding hydrogens is 207 g/mol. The van der Waals surface area contributed by atoms with Crippen molar-refractivity contribution in [3.63, 3.8) is 0 Å². The van der Waals surface area contributed by atoms with Gasteiger partial charge in [0.05, 0.1) is 17.7 Å². The van der Waals surface area contributed by atoms with Crippen LogP contribution in [0.15, 0.2) is 18.2 Å². The summed E-state index contributed by atoms with van der Waals surface area (Å²) in [7, 11) is 0. The standard InChI is InChI=1S/C10H10F3NO/c11-10(12,13)6-1-2-7-5(3-6)4-8(15)9(7)14/h1-3,8-9,15H,4,14H2. The lowest BCUT2D eigenvalue weighted by atomic mass is 10.0. The molecule has 15 heavy (non-hydrogen) atoms. The largest absolute Gasteiger partial charge is 0.416 e. The molecule has 1 aliphatic rings. The number of hydrogen-bond donors (Lipinski definition) is 2. The monoisotopic (exact) mass is 217 g/mol. The van der Waals surface area contributed by atoms with E-state index in [9.17, 15) is 18.3 Å². The van der Waals surface area contributed by atoms with Crippen LogP contribution in [0.2, 0.25) is 0 Å². The van der Waals surface area contributed by atoms with Gasteiger partial charge in [0.1, 0.15) is 0 Å². The number of halogens is 3. The van der Waals surface area contributed by atoms with Crippen molar-refractivity contribution in [3.8, 4) is 0 Å². The topological polar surface area (TPSA) is 46.2 Å². The third-order valence-electron chi connectivity index (χ3n) is 2.67. The fourth-order valence-electron chi connectivity index (χ4n) is 1.84. The Labute approximate surface area is 84.5 Å². The van der Waals surface area contributed by atoms with Gasteiger partial charge in [-0.15, -0.1) is 0 Å². The predicted molar refractivity (Wildman–Crippen MR) is 48.1 cm³/mol. The second-order valence-electron chi connectivity index (χ2n) is 3.71. The zero-order chi connectivity index (χ0) is 11.2. The van der Waals surface area contributed by atoms with Gasteiger partial charge >= 0.3 is 6.18 Å². The van der Waals surface area contributed by atoms with Gasteiger partial charge in [0, 0.05) is 6.42 Å². The summed E-state index contributed by atoms with van der Waals surface area (Å²) in [4.78, 5) is 0. The lowest BCUT2D eigenvalue weighted by Crippen LogP contribution is -2.21. The quantitative estimate of drug-likeness (QED) is 0.693. The highest BCUT2D eigenvalue weighted by molar-refractivity contribution is 5.40. The van der Waals surface area contributed by atoms with Gasteiger partial charge in [-0.2, -0.15) is 13.2 Å². The molecule has 0 aliphatic heterocycles. The highest BCUT2D eigenvalue weighted by Gasteiger charge is 2.34.